The van der Waals surface area contributed by atoms with E-state index in [9.17, 15) is 4.39 Å². The second-order valence-electron chi connectivity index (χ2n) is 5.72. The monoisotopic (exact) mass is 298 g/mol. The van der Waals surface area contributed by atoms with Gasteiger partial charge in [-0.25, -0.2) is 9.37 Å². The van der Waals surface area contributed by atoms with Crippen LogP contribution >= 0.6 is 11.6 Å². The molecule has 0 radical (unpaired) electrons. The van der Waals surface area contributed by atoms with Gasteiger partial charge in [0, 0.05) is 31.4 Å². The molecule has 20 heavy (non-hydrogen) atoms. The third kappa shape index (κ3) is 2.90. The average molecular weight is 299 g/mol. The Balaban J connectivity index is 1.64. The van der Waals surface area contributed by atoms with Crippen molar-refractivity contribution in [3.63, 3.8) is 0 Å². The Bertz CT molecular complexity index is 476. The largest absolute Gasteiger partial charge is 0.353 e. The molecule has 2 fully saturated rings. The molecule has 1 aromatic rings. The summed E-state index contributed by atoms with van der Waals surface area (Å²) >= 11 is 5.75. The summed E-state index contributed by atoms with van der Waals surface area (Å²) in [5.41, 5.74) is 5.94. The molecule has 0 saturated carbocycles. The standard InChI is InChI=1S/C14H20ClFN4/c15-10-7-13(16)14(18-8-10)20-6-3-12(9-20)19-4-1-11(17)2-5-19/h7-8,11-12H,1-6,9,17H2. The summed E-state index contributed by atoms with van der Waals surface area (Å²) < 4.78 is 13.9. The van der Waals surface area contributed by atoms with E-state index >= 15 is 0 Å². The van der Waals surface area contributed by atoms with Crippen LogP contribution in [0.2, 0.25) is 5.02 Å². The van der Waals surface area contributed by atoms with Crippen LogP contribution in [0.15, 0.2) is 12.3 Å². The molecule has 1 unspecified atom stereocenters. The van der Waals surface area contributed by atoms with Crippen molar-refractivity contribution in [2.24, 2.45) is 5.73 Å². The van der Waals surface area contributed by atoms with Crippen LogP contribution in [0, 0.1) is 5.82 Å². The average Bonchev–Trinajstić information content (AvgIpc) is 2.89. The van der Waals surface area contributed by atoms with E-state index < -0.39 is 0 Å². The Morgan fingerprint density at radius 3 is 2.70 bits per heavy atom. The first-order valence-electron chi connectivity index (χ1n) is 7.19. The summed E-state index contributed by atoms with van der Waals surface area (Å²) in [6.45, 7) is 3.78. The first-order chi connectivity index (χ1) is 9.63. The molecular weight excluding hydrogens is 279 g/mol. The summed E-state index contributed by atoms with van der Waals surface area (Å²) in [4.78, 5) is 8.63. The van der Waals surface area contributed by atoms with E-state index in [1.165, 1.54) is 12.3 Å². The van der Waals surface area contributed by atoms with Gasteiger partial charge in [-0.15, -0.1) is 0 Å². The number of hydrogen-bond donors (Lipinski definition) is 1. The van der Waals surface area contributed by atoms with Gasteiger partial charge in [-0.1, -0.05) is 11.6 Å². The number of rotatable bonds is 2. The van der Waals surface area contributed by atoms with E-state index in [4.69, 9.17) is 17.3 Å². The topological polar surface area (TPSA) is 45.4 Å². The number of aromatic nitrogens is 1. The predicted molar refractivity (Wildman–Crippen MR) is 78.6 cm³/mol. The highest BCUT2D eigenvalue weighted by Gasteiger charge is 2.31. The number of halogens is 2. The highest BCUT2D eigenvalue weighted by Crippen LogP contribution is 2.26. The van der Waals surface area contributed by atoms with Gasteiger partial charge >= 0.3 is 0 Å². The van der Waals surface area contributed by atoms with Gasteiger partial charge in [0.25, 0.3) is 0 Å². The minimum absolute atomic E-state index is 0.334. The lowest BCUT2D eigenvalue weighted by Gasteiger charge is -2.34. The number of piperidine rings is 1. The third-order valence-electron chi connectivity index (χ3n) is 4.34. The molecule has 2 aliphatic heterocycles. The molecular formula is C14H20ClFN4. The van der Waals surface area contributed by atoms with Crippen LogP contribution in [-0.4, -0.2) is 48.1 Å². The second-order valence-corrected chi connectivity index (χ2v) is 6.16. The molecule has 2 saturated heterocycles. The van der Waals surface area contributed by atoms with Gasteiger partial charge < -0.3 is 10.6 Å². The van der Waals surface area contributed by atoms with Crippen molar-refractivity contribution in [3.8, 4) is 0 Å². The van der Waals surface area contributed by atoms with Gasteiger partial charge in [-0.2, -0.15) is 0 Å². The second kappa shape index (κ2) is 5.84. The summed E-state index contributed by atoms with van der Waals surface area (Å²) in [5.74, 6) is 0.0874. The van der Waals surface area contributed by atoms with Crippen molar-refractivity contribution in [3.05, 3.63) is 23.1 Å². The van der Waals surface area contributed by atoms with E-state index in [0.717, 1.165) is 45.4 Å². The Hall–Kier alpha value is -0.910. The lowest BCUT2D eigenvalue weighted by Crippen LogP contribution is -2.46. The van der Waals surface area contributed by atoms with E-state index in [-0.39, 0.29) is 5.82 Å². The van der Waals surface area contributed by atoms with E-state index in [0.29, 0.717) is 22.9 Å². The number of nitrogens with two attached hydrogens (primary N) is 1. The minimum atomic E-state index is -0.334. The van der Waals surface area contributed by atoms with Gasteiger partial charge in [0.2, 0.25) is 0 Å². The SMILES string of the molecule is NC1CCN(C2CCN(c3ncc(Cl)cc3F)C2)CC1. The maximum absolute atomic E-state index is 13.9. The molecule has 0 bridgehead atoms. The highest BCUT2D eigenvalue weighted by molar-refractivity contribution is 6.30. The van der Waals surface area contributed by atoms with Crippen LogP contribution in [0.4, 0.5) is 10.2 Å². The van der Waals surface area contributed by atoms with Crippen molar-refractivity contribution in [1.82, 2.24) is 9.88 Å². The summed E-state index contributed by atoms with van der Waals surface area (Å²) in [6, 6.07) is 2.16. The number of pyridine rings is 1. The molecule has 2 aliphatic rings. The molecule has 0 aromatic carbocycles. The maximum Gasteiger partial charge on any atom is 0.167 e. The van der Waals surface area contributed by atoms with Crippen LogP contribution in [0.1, 0.15) is 19.3 Å². The van der Waals surface area contributed by atoms with Crippen LogP contribution in [-0.2, 0) is 0 Å². The molecule has 0 amide bonds. The fourth-order valence-corrected chi connectivity index (χ4v) is 3.30. The maximum atomic E-state index is 13.9. The number of anilines is 1. The van der Waals surface area contributed by atoms with E-state index in [1.807, 2.05) is 4.90 Å². The molecule has 6 heteroatoms. The third-order valence-corrected chi connectivity index (χ3v) is 4.55. The van der Waals surface area contributed by atoms with Crippen LogP contribution in [0.25, 0.3) is 0 Å². The van der Waals surface area contributed by atoms with Gasteiger partial charge in [-0.3, -0.25) is 4.90 Å². The fourth-order valence-electron chi connectivity index (χ4n) is 3.16. The smallest absolute Gasteiger partial charge is 0.167 e. The number of hydrogen-bond acceptors (Lipinski definition) is 4. The zero-order valence-electron chi connectivity index (χ0n) is 11.4. The van der Waals surface area contributed by atoms with Gasteiger partial charge in [-0.05, 0) is 38.4 Å². The van der Waals surface area contributed by atoms with E-state index in [1.54, 1.807) is 0 Å². The molecule has 4 nitrogen and oxygen atoms in total. The lowest BCUT2D eigenvalue weighted by molar-refractivity contribution is 0.163. The minimum Gasteiger partial charge on any atom is -0.353 e. The zero-order chi connectivity index (χ0) is 14.1. The highest BCUT2D eigenvalue weighted by atomic mass is 35.5. The molecule has 1 atom stereocenters. The Labute approximate surface area is 123 Å². The quantitative estimate of drug-likeness (QED) is 0.905. The van der Waals surface area contributed by atoms with Crippen LogP contribution < -0.4 is 10.6 Å². The summed E-state index contributed by atoms with van der Waals surface area (Å²) in [6.07, 6.45) is 4.68. The molecule has 0 aliphatic carbocycles. The lowest BCUT2D eigenvalue weighted by atomic mass is 10.0. The van der Waals surface area contributed by atoms with Crippen molar-refractivity contribution in [1.29, 1.82) is 0 Å². The zero-order valence-corrected chi connectivity index (χ0v) is 12.2. The molecule has 110 valence electrons. The summed E-state index contributed by atoms with van der Waals surface area (Å²) in [5, 5.41) is 0.340. The number of likely N-dealkylation sites (tertiary alicyclic amines) is 1. The molecule has 2 N–H and O–H groups in total. The number of nitrogens with zero attached hydrogens (tertiary/aromatic N) is 3. The van der Waals surface area contributed by atoms with Crippen LogP contribution in [0.3, 0.4) is 0 Å². The van der Waals surface area contributed by atoms with Crippen molar-refractivity contribution in [2.75, 3.05) is 31.1 Å². The first kappa shape index (κ1) is 14.0. The van der Waals surface area contributed by atoms with Crippen molar-refractivity contribution < 1.29 is 4.39 Å². The van der Waals surface area contributed by atoms with Crippen molar-refractivity contribution in [2.45, 2.75) is 31.3 Å². The molecule has 1 aromatic heterocycles. The Morgan fingerprint density at radius 2 is 2.00 bits per heavy atom. The van der Waals surface area contributed by atoms with Gasteiger partial charge in [0.15, 0.2) is 11.6 Å². The van der Waals surface area contributed by atoms with Gasteiger partial charge in [0.05, 0.1) is 5.02 Å². The normalized spacial score (nSPS) is 25.4. The van der Waals surface area contributed by atoms with Crippen molar-refractivity contribution >= 4 is 17.4 Å². The van der Waals surface area contributed by atoms with Gasteiger partial charge in [0.1, 0.15) is 0 Å². The molecule has 3 heterocycles. The predicted octanol–water partition coefficient (Wildman–Crippen LogP) is 1.88. The first-order valence-corrected chi connectivity index (χ1v) is 7.57. The summed E-state index contributed by atoms with van der Waals surface area (Å²) in [7, 11) is 0. The Morgan fingerprint density at radius 1 is 1.25 bits per heavy atom. The van der Waals surface area contributed by atoms with E-state index in [2.05, 4.69) is 9.88 Å². The van der Waals surface area contributed by atoms with Crippen LogP contribution in [0.5, 0.6) is 0 Å². The molecule has 3 rings (SSSR count). The molecule has 0 spiro atoms. The fraction of sp³-hybridized carbons (Fsp3) is 0.643. The Kier molecular flexibility index (Phi) is 4.10.